The molecule has 0 radical (unpaired) electrons. The van der Waals surface area contributed by atoms with Gasteiger partial charge < -0.3 is 15.1 Å². The van der Waals surface area contributed by atoms with Crippen molar-refractivity contribution in [3.63, 3.8) is 0 Å². The molecule has 3 heterocycles. The van der Waals surface area contributed by atoms with Gasteiger partial charge in [0, 0.05) is 44.1 Å². The Bertz CT molecular complexity index is 938. The van der Waals surface area contributed by atoms with Gasteiger partial charge in [-0.1, -0.05) is 12.1 Å². The van der Waals surface area contributed by atoms with Crippen molar-refractivity contribution < 1.29 is 8.78 Å². The Morgan fingerprint density at radius 1 is 0.857 bits per heavy atom. The van der Waals surface area contributed by atoms with Crippen molar-refractivity contribution in [3.8, 4) is 0 Å². The van der Waals surface area contributed by atoms with Gasteiger partial charge in [0.05, 0.1) is 0 Å². The standard InChI is InChI=1S/C20H20F2N6/c1-14-13-18(25-20(24-14)26-19-15(21)5-4-6-16(19)22)28-11-9-27(10-12-28)17-7-2-3-8-23-17/h2-8,13H,9-12H2,1H3,(H,24,25,26). The second-order valence-electron chi connectivity index (χ2n) is 6.57. The van der Waals surface area contributed by atoms with Crippen LogP contribution in [0.15, 0.2) is 48.7 Å². The Balaban J connectivity index is 1.50. The molecule has 0 unspecified atom stereocenters. The number of aromatic nitrogens is 3. The van der Waals surface area contributed by atoms with E-state index in [1.54, 1.807) is 6.20 Å². The van der Waals surface area contributed by atoms with E-state index in [9.17, 15) is 8.78 Å². The molecule has 0 saturated carbocycles. The van der Waals surface area contributed by atoms with Gasteiger partial charge in [-0.25, -0.2) is 18.7 Å². The Morgan fingerprint density at radius 2 is 1.54 bits per heavy atom. The average molecular weight is 382 g/mol. The highest BCUT2D eigenvalue weighted by Gasteiger charge is 2.20. The summed E-state index contributed by atoms with van der Waals surface area (Å²) >= 11 is 0. The van der Waals surface area contributed by atoms with Crippen LogP contribution in [-0.2, 0) is 0 Å². The molecule has 0 spiro atoms. The smallest absolute Gasteiger partial charge is 0.229 e. The minimum absolute atomic E-state index is 0.172. The molecule has 0 aliphatic carbocycles. The molecule has 1 fully saturated rings. The molecule has 0 bridgehead atoms. The highest BCUT2D eigenvalue weighted by atomic mass is 19.1. The van der Waals surface area contributed by atoms with Crippen molar-refractivity contribution in [2.24, 2.45) is 0 Å². The summed E-state index contributed by atoms with van der Waals surface area (Å²) in [6.45, 7) is 4.98. The summed E-state index contributed by atoms with van der Waals surface area (Å²) in [7, 11) is 0. The first kappa shape index (κ1) is 18.1. The summed E-state index contributed by atoms with van der Waals surface area (Å²) in [6.07, 6.45) is 1.79. The van der Waals surface area contributed by atoms with Gasteiger partial charge in [-0.2, -0.15) is 4.98 Å². The number of hydrogen-bond acceptors (Lipinski definition) is 6. The molecule has 1 aliphatic heterocycles. The summed E-state index contributed by atoms with van der Waals surface area (Å²) in [5.41, 5.74) is 0.468. The molecule has 28 heavy (non-hydrogen) atoms. The van der Waals surface area contributed by atoms with Crippen molar-refractivity contribution in [3.05, 3.63) is 66.0 Å². The molecular formula is C20H20F2N6. The van der Waals surface area contributed by atoms with Crippen LogP contribution in [0.4, 0.5) is 32.1 Å². The van der Waals surface area contributed by atoms with Gasteiger partial charge >= 0.3 is 0 Å². The lowest BCUT2D eigenvalue weighted by atomic mass is 10.3. The van der Waals surface area contributed by atoms with E-state index >= 15 is 0 Å². The van der Waals surface area contributed by atoms with Gasteiger partial charge in [-0.05, 0) is 31.2 Å². The minimum Gasteiger partial charge on any atom is -0.353 e. The van der Waals surface area contributed by atoms with Crippen molar-refractivity contribution in [2.75, 3.05) is 41.3 Å². The number of nitrogens with one attached hydrogen (secondary N) is 1. The molecule has 0 atom stereocenters. The van der Waals surface area contributed by atoms with E-state index in [0.29, 0.717) is 0 Å². The molecular weight excluding hydrogens is 362 g/mol. The maximum atomic E-state index is 13.9. The quantitative estimate of drug-likeness (QED) is 0.745. The van der Waals surface area contributed by atoms with Crippen LogP contribution < -0.4 is 15.1 Å². The van der Waals surface area contributed by atoms with E-state index in [-0.39, 0.29) is 11.6 Å². The summed E-state index contributed by atoms with van der Waals surface area (Å²) in [5, 5.41) is 2.68. The van der Waals surface area contributed by atoms with Crippen molar-refractivity contribution in [2.45, 2.75) is 6.92 Å². The molecule has 0 amide bonds. The minimum atomic E-state index is -0.685. The number of pyridine rings is 1. The van der Waals surface area contributed by atoms with E-state index in [2.05, 4.69) is 30.1 Å². The van der Waals surface area contributed by atoms with Crippen LogP contribution in [0.25, 0.3) is 0 Å². The van der Waals surface area contributed by atoms with E-state index in [1.165, 1.54) is 18.2 Å². The zero-order chi connectivity index (χ0) is 19.5. The zero-order valence-electron chi connectivity index (χ0n) is 15.4. The SMILES string of the molecule is Cc1cc(N2CCN(c3ccccn3)CC2)nc(Nc2c(F)cccc2F)n1. The fourth-order valence-corrected chi connectivity index (χ4v) is 3.20. The second-order valence-corrected chi connectivity index (χ2v) is 6.57. The zero-order valence-corrected chi connectivity index (χ0v) is 15.4. The lowest BCUT2D eigenvalue weighted by molar-refractivity contribution is 0.590. The van der Waals surface area contributed by atoms with Crippen molar-refractivity contribution >= 4 is 23.3 Å². The first-order valence-corrected chi connectivity index (χ1v) is 9.08. The van der Waals surface area contributed by atoms with E-state index in [4.69, 9.17) is 0 Å². The van der Waals surface area contributed by atoms with E-state index in [1.807, 2.05) is 31.2 Å². The number of piperazine rings is 1. The van der Waals surface area contributed by atoms with Gasteiger partial charge in [-0.15, -0.1) is 0 Å². The number of para-hydroxylation sites is 1. The molecule has 3 aromatic rings. The number of aryl methyl sites for hydroxylation is 1. The molecule has 1 N–H and O–H groups in total. The van der Waals surface area contributed by atoms with Crippen molar-refractivity contribution in [1.82, 2.24) is 15.0 Å². The molecule has 1 aromatic carbocycles. The maximum Gasteiger partial charge on any atom is 0.229 e. The number of anilines is 4. The molecule has 8 heteroatoms. The normalized spacial score (nSPS) is 14.2. The summed E-state index contributed by atoms with van der Waals surface area (Å²) in [4.78, 5) is 17.5. The van der Waals surface area contributed by atoms with Crippen LogP contribution in [0.5, 0.6) is 0 Å². The molecule has 1 saturated heterocycles. The predicted molar refractivity (Wildman–Crippen MR) is 105 cm³/mol. The molecule has 2 aromatic heterocycles. The number of hydrogen-bond donors (Lipinski definition) is 1. The predicted octanol–water partition coefficient (Wildman–Crippen LogP) is 3.53. The van der Waals surface area contributed by atoms with Gasteiger partial charge in [-0.3, -0.25) is 0 Å². The van der Waals surface area contributed by atoms with Crippen LogP contribution in [0.3, 0.4) is 0 Å². The number of nitrogens with zero attached hydrogens (tertiary/aromatic N) is 5. The van der Waals surface area contributed by atoms with Crippen LogP contribution in [0.1, 0.15) is 5.69 Å². The first-order chi connectivity index (χ1) is 13.6. The highest BCUT2D eigenvalue weighted by molar-refractivity contribution is 5.57. The van der Waals surface area contributed by atoms with Crippen molar-refractivity contribution in [1.29, 1.82) is 0 Å². The number of halogens is 2. The summed E-state index contributed by atoms with van der Waals surface area (Å²) < 4.78 is 27.8. The number of rotatable bonds is 4. The first-order valence-electron chi connectivity index (χ1n) is 9.08. The van der Waals surface area contributed by atoms with Gasteiger partial charge in [0.25, 0.3) is 0 Å². The lowest BCUT2D eigenvalue weighted by Crippen LogP contribution is -2.47. The molecule has 6 nitrogen and oxygen atoms in total. The average Bonchev–Trinajstić information content (AvgIpc) is 2.71. The van der Waals surface area contributed by atoms with Gasteiger partial charge in [0.1, 0.15) is 29.0 Å². The summed E-state index contributed by atoms with van der Waals surface area (Å²) in [6, 6.07) is 11.4. The van der Waals surface area contributed by atoms with Crippen LogP contribution in [-0.4, -0.2) is 41.1 Å². The Morgan fingerprint density at radius 3 is 2.18 bits per heavy atom. The van der Waals surface area contributed by atoms with E-state index < -0.39 is 11.6 Å². The van der Waals surface area contributed by atoms with Crippen LogP contribution in [0.2, 0.25) is 0 Å². The van der Waals surface area contributed by atoms with Crippen LogP contribution >= 0.6 is 0 Å². The monoisotopic (exact) mass is 382 g/mol. The third-order valence-electron chi connectivity index (χ3n) is 4.62. The molecule has 144 valence electrons. The molecule has 1 aliphatic rings. The highest BCUT2D eigenvalue weighted by Crippen LogP contribution is 2.24. The second kappa shape index (κ2) is 7.75. The Hall–Kier alpha value is -3.29. The third kappa shape index (κ3) is 3.85. The topological polar surface area (TPSA) is 57.2 Å². The fraction of sp³-hybridized carbons (Fsp3) is 0.250. The van der Waals surface area contributed by atoms with Crippen LogP contribution in [0, 0.1) is 18.6 Å². The number of benzene rings is 1. The van der Waals surface area contributed by atoms with Gasteiger partial charge in [0.15, 0.2) is 0 Å². The van der Waals surface area contributed by atoms with Gasteiger partial charge in [0.2, 0.25) is 5.95 Å². The summed E-state index contributed by atoms with van der Waals surface area (Å²) in [5.74, 6) is 0.489. The Labute approximate surface area is 161 Å². The fourth-order valence-electron chi connectivity index (χ4n) is 3.20. The third-order valence-corrected chi connectivity index (χ3v) is 4.62. The van der Waals surface area contributed by atoms with E-state index in [0.717, 1.165) is 43.5 Å². The Kier molecular flexibility index (Phi) is 5.01. The maximum absolute atomic E-state index is 13.9. The largest absolute Gasteiger partial charge is 0.353 e. The lowest BCUT2D eigenvalue weighted by Gasteiger charge is -2.36. The molecule has 4 rings (SSSR count).